The molecule has 3 aromatic heterocycles. The molecule has 0 atom stereocenters. The molecule has 8 heteroatoms. The molecule has 4 aromatic rings. The SMILES string of the molecule is CCOc1cccc(-n2ncc3c(N=NCc4ccncc4)ncnc32)c1. The van der Waals surface area contributed by atoms with Crippen LogP contribution in [-0.4, -0.2) is 31.3 Å². The minimum atomic E-state index is 0.457. The van der Waals surface area contributed by atoms with Crippen LogP contribution in [0.4, 0.5) is 5.82 Å². The Labute approximate surface area is 155 Å². The van der Waals surface area contributed by atoms with E-state index >= 15 is 0 Å². The largest absolute Gasteiger partial charge is 0.494 e. The lowest BCUT2D eigenvalue weighted by atomic mass is 10.3. The third-order valence-electron chi connectivity index (χ3n) is 3.89. The summed E-state index contributed by atoms with van der Waals surface area (Å²) in [6, 6.07) is 11.5. The molecule has 0 amide bonds. The number of pyridine rings is 1. The number of rotatable bonds is 6. The van der Waals surface area contributed by atoms with Gasteiger partial charge in [-0.3, -0.25) is 4.98 Å². The lowest BCUT2D eigenvalue weighted by molar-refractivity contribution is 0.340. The first-order chi connectivity index (χ1) is 13.3. The Morgan fingerprint density at radius 2 is 2.00 bits per heavy atom. The molecule has 3 heterocycles. The van der Waals surface area contributed by atoms with Gasteiger partial charge in [-0.1, -0.05) is 6.07 Å². The van der Waals surface area contributed by atoms with Crippen LogP contribution in [0.1, 0.15) is 12.5 Å². The van der Waals surface area contributed by atoms with Crippen molar-refractivity contribution in [2.75, 3.05) is 6.61 Å². The van der Waals surface area contributed by atoms with Crippen molar-refractivity contribution in [3.63, 3.8) is 0 Å². The smallest absolute Gasteiger partial charge is 0.188 e. The zero-order chi connectivity index (χ0) is 18.5. The first-order valence-electron chi connectivity index (χ1n) is 8.53. The van der Waals surface area contributed by atoms with Crippen LogP contribution in [0.5, 0.6) is 5.75 Å². The summed E-state index contributed by atoms with van der Waals surface area (Å²) in [5.41, 5.74) is 2.55. The second kappa shape index (κ2) is 7.69. The molecule has 0 saturated heterocycles. The summed E-state index contributed by atoms with van der Waals surface area (Å²) in [7, 11) is 0. The van der Waals surface area contributed by atoms with Gasteiger partial charge in [0.05, 0.1) is 30.4 Å². The fraction of sp³-hybridized carbons (Fsp3) is 0.158. The Bertz CT molecular complexity index is 1080. The van der Waals surface area contributed by atoms with Crippen molar-refractivity contribution in [2.45, 2.75) is 13.5 Å². The Hall–Kier alpha value is -3.68. The average Bonchev–Trinajstić information content (AvgIpc) is 3.14. The molecule has 4 rings (SSSR count). The number of benzene rings is 1. The Morgan fingerprint density at radius 3 is 2.85 bits per heavy atom. The van der Waals surface area contributed by atoms with E-state index in [4.69, 9.17) is 4.74 Å². The number of aromatic nitrogens is 5. The predicted octanol–water partition coefficient (Wildman–Crippen LogP) is 3.89. The molecular weight excluding hydrogens is 342 g/mol. The second-order valence-corrected chi connectivity index (χ2v) is 5.68. The van der Waals surface area contributed by atoms with Gasteiger partial charge in [-0.05, 0) is 36.8 Å². The standard InChI is InChI=1S/C19H17N7O/c1-2-27-16-5-3-4-15(10-16)26-19-17(12-24-26)18(21-13-22-19)25-23-11-14-6-8-20-9-7-14/h3-10,12-13H,2,11H2,1H3. The summed E-state index contributed by atoms with van der Waals surface area (Å²) in [5.74, 6) is 1.27. The van der Waals surface area contributed by atoms with E-state index in [1.54, 1.807) is 23.3 Å². The monoisotopic (exact) mass is 359 g/mol. The van der Waals surface area contributed by atoms with E-state index in [1.165, 1.54) is 6.33 Å². The van der Waals surface area contributed by atoms with E-state index < -0.39 is 0 Å². The normalized spacial score (nSPS) is 11.3. The molecule has 134 valence electrons. The van der Waals surface area contributed by atoms with Gasteiger partial charge in [0.25, 0.3) is 0 Å². The van der Waals surface area contributed by atoms with Crippen molar-refractivity contribution < 1.29 is 4.74 Å². The van der Waals surface area contributed by atoms with Crippen LogP contribution in [0.15, 0.2) is 71.5 Å². The Kier molecular flexibility index (Phi) is 4.78. The van der Waals surface area contributed by atoms with E-state index in [0.717, 1.165) is 22.4 Å². The van der Waals surface area contributed by atoms with Gasteiger partial charge in [0.2, 0.25) is 0 Å². The van der Waals surface area contributed by atoms with Crippen LogP contribution in [0.3, 0.4) is 0 Å². The highest BCUT2D eigenvalue weighted by Crippen LogP contribution is 2.25. The summed E-state index contributed by atoms with van der Waals surface area (Å²) < 4.78 is 7.30. The van der Waals surface area contributed by atoms with Crippen molar-refractivity contribution in [3.8, 4) is 11.4 Å². The quantitative estimate of drug-likeness (QED) is 0.487. The highest BCUT2D eigenvalue weighted by atomic mass is 16.5. The molecule has 0 aliphatic carbocycles. The van der Waals surface area contributed by atoms with Crippen LogP contribution < -0.4 is 4.74 Å². The van der Waals surface area contributed by atoms with Crippen molar-refractivity contribution >= 4 is 16.9 Å². The predicted molar refractivity (Wildman–Crippen MR) is 100 cm³/mol. The molecule has 0 bridgehead atoms. The molecule has 0 aliphatic heterocycles. The van der Waals surface area contributed by atoms with E-state index in [-0.39, 0.29) is 0 Å². The second-order valence-electron chi connectivity index (χ2n) is 5.68. The maximum absolute atomic E-state index is 5.56. The molecule has 0 unspecified atom stereocenters. The summed E-state index contributed by atoms with van der Waals surface area (Å²) in [5, 5.41) is 13.7. The zero-order valence-electron chi connectivity index (χ0n) is 14.7. The number of ether oxygens (including phenoxy) is 1. The van der Waals surface area contributed by atoms with E-state index in [9.17, 15) is 0 Å². The van der Waals surface area contributed by atoms with Gasteiger partial charge in [0.1, 0.15) is 12.1 Å². The summed E-state index contributed by atoms with van der Waals surface area (Å²) >= 11 is 0. The van der Waals surface area contributed by atoms with Gasteiger partial charge < -0.3 is 4.74 Å². The minimum absolute atomic E-state index is 0.457. The molecule has 1 aromatic carbocycles. The molecular formula is C19H17N7O. The molecule has 0 spiro atoms. The van der Waals surface area contributed by atoms with E-state index in [0.29, 0.717) is 24.6 Å². The molecule has 27 heavy (non-hydrogen) atoms. The molecule has 0 N–H and O–H groups in total. The fourth-order valence-electron chi connectivity index (χ4n) is 2.64. The molecule has 0 aliphatic rings. The van der Waals surface area contributed by atoms with Crippen LogP contribution in [0.25, 0.3) is 16.7 Å². The van der Waals surface area contributed by atoms with Gasteiger partial charge in [-0.15, -0.1) is 5.11 Å². The first kappa shape index (κ1) is 16.8. The van der Waals surface area contributed by atoms with Gasteiger partial charge in [0.15, 0.2) is 11.5 Å². The number of fused-ring (bicyclic) bond motifs is 1. The fourth-order valence-corrected chi connectivity index (χ4v) is 2.64. The summed E-state index contributed by atoms with van der Waals surface area (Å²) in [4.78, 5) is 12.6. The molecule has 8 nitrogen and oxygen atoms in total. The maximum atomic E-state index is 5.56. The van der Waals surface area contributed by atoms with Gasteiger partial charge >= 0.3 is 0 Å². The molecule has 0 saturated carbocycles. The lowest BCUT2D eigenvalue weighted by Crippen LogP contribution is -1.99. The Morgan fingerprint density at radius 1 is 1.11 bits per heavy atom. The van der Waals surface area contributed by atoms with Crippen LogP contribution in [-0.2, 0) is 6.54 Å². The lowest BCUT2D eigenvalue weighted by Gasteiger charge is -2.06. The van der Waals surface area contributed by atoms with Crippen molar-refractivity contribution in [1.82, 2.24) is 24.7 Å². The van der Waals surface area contributed by atoms with Crippen molar-refractivity contribution in [3.05, 3.63) is 66.9 Å². The minimum Gasteiger partial charge on any atom is -0.494 e. The maximum Gasteiger partial charge on any atom is 0.188 e. The van der Waals surface area contributed by atoms with Gasteiger partial charge in [-0.2, -0.15) is 10.2 Å². The van der Waals surface area contributed by atoms with Gasteiger partial charge in [0, 0.05) is 18.5 Å². The summed E-state index contributed by atoms with van der Waals surface area (Å²) in [6.45, 7) is 3.01. The van der Waals surface area contributed by atoms with E-state index in [2.05, 4.69) is 30.3 Å². The van der Waals surface area contributed by atoms with Crippen molar-refractivity contribution in [2.24, 2.45) is 10.2 Å². The third-order valence-corrected chi connectivity index (χ3v) is 3.89. The van der Waals surface area contributed by atoms with Crippen LogP contribution in [0.2, 0.25) is 0 Å². The number of nitrogens with zero attached hydrogens (tertiary/aromatic N) is 7. The van der Waals surface area contributed by atoms with Crippen LogP contribution >= 0.6 is 0 Å². The van der Waals surface area contributed by atoms with E-state index in [1.807, 2.05) is 43.3 Å². The number of hydrogen-bond acceptors (Lipinski definition) is 7. The van der Waals surface area contributed by atoms with Crippen LogP contribution in [0, 0.1) is 0 Å². The highest BCUT2D eigenvalue weighted by molar-refractivity contribution is 5.85. The highest BCUT2D eigenvalue weighted by Gasteiger charge is 2.11. The first-order valence-corrected chi connectivity index (χ1v) is 8.53. The topological polar surface area (TPSA) is 90.4 Å². The number of azo groups is 1. The van der Waals surface area contributed by atoms with Crippen molar-refractivity contribution in [1.29, 1.82) is 0 Å². The van der Waals surface area contributed by atoms with Gasteiger partial charge in [-0.25, -0.2) is 14.6 Å². The zero-order valence-corrected chi connectivity index (χ0v) is 14.7. The molecule has 0 fully saturated rings. The summed E-state index contributed by atoms with van der Waals surface area (Å²) in [6.07, 6.45) is 6.62. The Balaban J connectivity index is 1.64. The average molecular weight is 359 g/mol. The molecule has 0 radical (unpaired) electrons. The number of hydrogen-bond donors (Lipinski definition) is 0. The third kappa shape index (κ3) is 3.64.